The first-order valence-corrected chi connectivity index (χ1v) is 17.8. The van der Waals surface area contributed by atoms with E-state index in [4.69, 9.17) is 4.74 Å². The van der Waals surface area contributed by atoms with Gasteiger partial charge in [-0.25, -0.2) is 0 Å². The summed E-state index contributed by atoms with van der Waals surface area (Å²) in [7, 11) is 0. The van der Waals surface area contributed by atoms with E-state index in [1.54, 1.807) is 0 Å². The number of ether oxygens (including phenoxy) is 1. The molecule has 0 spiro atoms. The Labute approximate surface area is 301 Å². The van der Waals surface area contributed by atoms with Crippen LogP contribution in [0.4, 0.5) is 17.1 Å². The van der Waals surface area contributed by atoms with Crippen LogP contribution in [0.1, 0.15) is 0 Å². The number of rotatable bonds is 4. The molecule has 1 aliphatic heterocycles. The molecule has 0 radical (unpaired) electrons. The van der Waals surface area contributed by atoms with Crippen LogP contribution in [0.25, 0.3) is 76.1 Å². The quantitative estimate of drug-likeness (QED) is 0.174. The molecule has 0 bridgehead atoms. The predicted molar refractivity (Wildman–Crippen MR) is 220 cm³/mol. The summed E-state index contributed by atoms with van der Waals surface area (Å²) in [5.74, 6) is 1.74. The summed E-state index contributed by atoms with van der Waals surface area (Å²) < 4.78 is 6.87. The maximum Gasteiger partial charge on any atom is 0.137 e. The smallest absolute Gasteiger partial charge is 0.137 e. The number of anilines is 3. The summed E-state index contributed by atoms with van der Waals surface area (Å²) in [5.41, 5.74) is 7.97. The Morgan fingerprint density at radius 1 is 0.288 bits per heavy atom. The van der Waals surface area contributed by atoms with Gasteiger partial charge in [0, 0.05) is 34.1 Å². The second kappa shape index (κ2) is 11.3. The molecule has 0 fully saturated rings. The Hall–Kier alpha value is -6.90. The number of hydrogen-bond donors (Lipinski definition) is 0. The lowest BCUT2D eigenvalue weighted by atomic mass is 9.87. The van der Waals surface area contributed by atoms with Crippen molar-refractivity contribution in [1.82, 2.24) is 0 Å². The summed E-state index contributed by atoms with van der Waals surface area (Å²) in [6.07, 6.45) is 0. The second-order valence-electron chi connectivity index (χ2n) is 13.7. The zero-order chi connectivity index (χ0) is 34.2. The topological polar surface area (TPSA) is 12.5 Å². The fourth-order valence-corrected chi connectivity index (χ4v) is 8.35. The molecule has 0 saturated heterocycles. The monoisotopic (exact) mass is 661 g/mol. The predicted octanol–water partition coefficient (Wildman–Crippen LogP) is 14.4. The van der Waals surface area contributed by atoms with Crippen molar-refractivity contribution in [2.45, 2.75) is 0 Å². The lowest BCUT2D eigenvalue weighted by Crippen LogP contribution is -2.10. The molecule has 0 aliphatic carbocycles. The van der Waals surface area contributed by atoms with Gasteiger partial charge in [-0.15, -0.1) is 0 Å². The molecule has 0 saturated carbocycles. The van der Waals surface area contributed by atoms with Gasteiger partial charge in [-0.2, -0.15) is 0 Å². The SMILES string of the molecule is c1ccc2cc(N(c3ccc4c(c3)Oc3ccc(-c5cc6ccccc6c6ccccc56)c5cccc-4c35)c3ccc4ccccc4c3)ccc2c1. The fourth-order valence-electron chi connectivity index (χ4n) is 8.35. The highest BCUT2D eigenvalue weighted by Gasteiger charge is 2.24. The summed E-state index contributed by atoms with van der Waals surface area (Å²) in [4.78, 5) is 2.34. The molecular formula is C50H31NO. The Morgan fingerprint density at radius 2 is 0.846 bits per heavy atom. The first kappa shape index (κ1) is 28.9. The van der Waals surface area contributed by atoms with Crippen LogP contribution in [0.5, 0.6) is 11.5 Å². The van der Waals surface area contributed by atoms with Gasteiger partial charge in [0.1, 0.15) is 11.5 Å². The lowest BCUT2D eigenvalue weighted by molar-refractivity contribution is 0.487. The minimum Gasteiger partial charge on any atom is -0.456 e. The van der Waals surface area contributed by atoms with Gasteiger partial charge < -0.3 is 9.64 Å². The van der Waals surface area contributed by atoms with Gasteiger partial charge in [-0.3, -0.25) is 0 Å². The number of benzene rings is 10. The minimum absolute atomic E-state index is 0.855. The Kier molecular flexibility index (Phi) is 6.28. The molecule has 0 N–H and O–H groups in total. The number of nitrogens with zero attached hydrogens (tertiary/aromatic N) is 1. The number of hydrogen-bond acceptors (Lipinski definition) is 2. The third kappa shape index (κ3) is 4.44. The Morgan fingerprint density at radius 3 is 1.58 bits per heavy atom. The highest BCUT2D eigenvalue weighted by atomic mass is 16.5. The molecule has 52 heavy (non-hydrogen) atoms. The maximum absolute atomic E-state index is 6.87. The average Bonchev–Trinajstić information content (AvgIpc) is 3.21. The van der Waals surface area contributed by atoms with Crippen LogP contribution in [0.3, 0.4) is 0 Å². The highest BCUT2D eigenvalue weighted by Crippen LogP contribution is 2.51. The van der Waals surface area contributed by atoms with Crippen molar-refractivity contribution in [3.05, 3.63) is 188 Å². The molecule has 10 aromatic rings. The highest BCUT2D eigenvalue weighted by molar-refractivity contribution is 6.18. The number of fused-ring (bicyclic) bond motifs is 7. The summed E-state index contributed by atoms with van der Waals surface area (Å²) in [6, 6.07) is 68.0. The zero-order valence-electron chi connectivity index (χ0n) is 28.3. The largest absolute Gasteiger partial charge is 0.456 e. The zero-order valence-corrected chi connectivity index (χ0v) is 28.3. The van der Waals surface area contributed by atoms with Crippen molar-refractivity contribution in [2.24, 2.45) is 0 Å². The van der Waals surface area contributed by atoms with Crippen molar-refractivity contribution in [1.29, 1.82) is 0 Å². The summed E-state index contributed by atoms with van der Waals surface area (Å²) in [5, 5.41) is 12.2. The Balaban J connectivity index is 1.08. The summed E-state index contributed by atoms with van der Waals surface area (Å²) in [6.45, 7) is 0. The van der Waals surface area contributed by atoms with Gasteiger partial charge >= 0.3 is 0 Å². The van der Waals surface area contributed by atoms with Crippen LogP contribution < -0.4 is 9.64 Å². The van der Waals surface area contributed by atoms with Crippen LogP contribution in [0.15, 0.2) is 188 Å². The molecule has 11 rings (SSSR count). The maximum atomic E-state index is 6.87. The summed E-state index contributed by atoms with van der Waals surface area (Å²) >= 11 is 0. The molecule has 2 heteroatoms. The van der Waals surface area contributed by atoms with E-state index in [1.807, 2.05) is 0 Å². The molecule has 0 amide bonds. The molecule has 1 heterocycles. The van der Waals surface area contributed by atoms with Crippen LogP contribution in [-0.2, 0) is 0 Å². The molecular weight excluding hydrogens is 631 g/mol. The normalized spacial score (nSPS) is 12.0. The van der Waals surface area contributed by atoms with E-state index >= 15 is 0 Å². The van der Waals surface area contributed by atoms with E-state index in [1.165, 1.54) is 65.2 Å². The average molecular weight is 662 g/mol. The van der Waals surface area contributed by atoms with Gasteiger partial charge in [-0.05, 0) is 114 Å². The third-order valence-electron chi connectivity index (χ3n) is 10.8. The van der Waals surface area contributed by atoms with Gasteiger partial charge in [-0.1, -0.05) is 133 Å². The van der Waals surface area contributed by atoms with Crippen molar-refractivity contribution in [3.63, 3.8) is 0 Å². The van der Waals surface area contributed by atoms with E-state index in [2.05, 4.69) is 193 Å². The van der Waals surface area contributed by atoms with E-state index in [-0.39, 0.29) is 0 Å². The van der Waals surface area contributed by atoms with Crippen molar-refractivity contribution in [3.8, 4) is 33.8 Å². The van der Waals surface area contributed by atoms with Crippen molar-refractivity contribution >= 4 is 70.9 Å². The molecule has 0 unspecified atom stereocenters. The van der Waals surface area contributed by atoms with E-state index in [0.717, 1.165) is 39.5 Å². The van der Waals surface area contributed by atoms with Gasteiger partial charge in [0.15, 0.2) is 0 Å². The first-order chi connectivity index (χ1) is 25.8. The van der Waals surface area contributed by atoms with Crippen molar-refractivity contribution in [2.75, 3.05) is 4.90 Å². The van der Waals surface area contributed by atoms with E-state index in [0.29, 0.717) is 0 Å². The van der Waals surface area contributed by atoms with Gasteiger partial charge in [0.05, 0.1) is 0 Å². The van der Waals surface area contributed by atoms with Crippen LogP contribution in [-0.4, -0.2) is 0 Å². The first-order valence-electron chi connectivity index (χ1n) is 17.8. The van der Waals surface area contributed by atoms with Crippen LogP contribution >= 0.6 is 0 Å². The standard InChI is InChI=1S/C50H31NO/c1-3-12-34-28-37(22-20-32(34)10-1)51(38-23-21-33-11-2-4-13-35(33)29-38)39-24-25-44-46-19-9-18-45-43(26-27-48(50(45)46)52-49(44)31-39)47-30-36-14-5-6-15-40(36)41-16-7-8-17-42(41)47/h1-31H. The van der Waals surface area contributed by atoms with Crippen LogP contribution in [0, 0.1) is 0 Å². The van der Waals surface area contributed by atoms with Crippen LogP contribution in [0.2, 0.25) is 0 Å². The molecule has 1 aliphatic rings. The second-order valence-corrected chi connectivity index (χ2v) is 13.7. The van der Waals surface area contributed by atoms with Gasteiger partial charge in [0.2, 0.25) is 0 Å². The third-order valence-corrected chi connectivity index (χ3v) is 10.8. The van der Waals surface area contributed by atoms with Crippen molar-refractivity contribution < 1.29 is 4.74 Å². The Bertz CT molecular complexity index is 2990. The van der Waals surface area contributed by atoms with Gasteiger partial charge in [0.25, 0.3) is 0 Å². The molecule has 0 atom stereocenters. The molecule has 2 nitrogen and oxygen atoms in total. The van der Waals surface area contributed by atoms with E-state index in [9.17, 15) is 0 Å². The molecule has 0 aromatic heterocycles. The lowest BCUT2D eigenvalue weighted by Gasteiger charge is -2.28. The minimum atomic E-state index is 0.855. The fraction of sp³-hybridized carbons (Fsp3) is 0. The van der Waals surface area contributed by atoms with E-state index < -0.39 is 0 Å². The molecule has 242 valence electrons. The molecule has 10 aromatic carbocycles.